The maximum atomic E-state index is 13.0. The van der Waals surface area contributed by atoms with Gasteiger partial charge in [0.2, 0.25) is 0 Å². The van der Waals surface area contributed by atoms with Crippen LogP contribution < -0.4 is 4.90 Å². The largest absolute Gasteiger partial charge is 0.418 e. The zero-order valence-electron chi connectivity index (χ0n) is 10.6. The van der Waals surface area contributed by atoms with E-state index in [1.54, 1.807) is 12.1 Å². The number of benzene rings is 1. The third-order valence-electron chi connectivity index (χ3n) is 3.57. The molecule has 1 aromatic carbocycles. The fourth-order valence-corrected chi connectivity index (χ4v) is 3.05. The van der Waals surface area contributed by atoms with E-state index in [0.29, 0.717) is 5.69 Å². The molecule has 1 aliphatic rings. The fourth-order valence-electron chi connectivity index (χ4n) is 2.73. The molecule has 106 valence electrons. The Morgan fingerprint density at radius 1 is 1.26 bits per heavy atom. The number of anilines is 1. The van der Waals surface area contributed by atoms with Gasteiger partial charge >= 0.3 is 6.18 Å². The minimum Gasteiger partial charge on any atom is -0.368 e. The number of halogens is 4. The maximum absolute atomic E-state index is 13.0. The van der Waals surface area contributed by atoms with Gasteiger partial charge in [0.15, 0.2) is 0 Å². The number of rotatable bonds is 4. The Bertz CT molecular complexity index is 419. The van der Waals surface area contributed by atoms with Crippen molar-refractivity contribution in [3.63, 3.8) is 0 Å². The van der Waals surface area contributed by atoms with Gasteiger partial charge in [-0.3, -0.25) is 0 Å². The van der Waals surface area contributed by atoms with Crippen molar-refractivity contribution in [2.75, 3.05) is 16.8 Å². The van der Waals surface area contributed by atoms with Crippen LogP contribution in [0.25, 0.3) is 0 Å². The molecule has 0 bridgehead atoms. The molecule has 1 unspecified atom stereocenters. The molecule has 0 radical (unpaired) electrons. The molecular weight excluding hydrogens is 319 g/mol. The second-order valence-corrected chi connectivity index (χ2v) is 5.63. The van der Waals surface area contributed by atoms with Crippen LogP contribution >= 0.6 is 15.9 Å². The summed E-state index contributed by atoms with van der Waals surface area (Å²) in [5.41, 5.74) is -0.173. The lowest BCUT2D eigenvalue weighted by molar-refractivity contribution is -0.137. The molecule has 5 heteroatoms. The quantitative estimate of drug-likeness (QED) is 0.711. The van der Waals surface area contributed by atoms with Crippen molar-refractivity contribution < 1.29 is 13.2 Å². The fraction of sp³-hybridized carbons (Fsp3) is 0.571. The lowest BCUT2D eigenvalue weighted by Crippen LogP contribution is -2.31. The highest BCUT2D eigenvalue weighted by atomic mass is 79.9. The molecular formula is C14H17BrF3N. The second-order valence-electron chi connectivity index (χ2n) is 4.84. The first-order chi connectivity index (χ1) is 9.04. The van der Waals surface area contributed by atoms with E-state index >= 15 is 0 Å². The molecule has 0 saturated carbocycles. The molecule has 0 aliphatic carbocycles. The first-order valence-corrected chi connectivity index (χ1v) is 7.65. The Balaban J connectivity index is 2.25. The van der Waals surface area contributed by atoms with E-state index in [1.165, 1.54) is 12.1 Å². The molecule has 0 N–H and O–H groups in total. The summed E-state index contributed by atoms with van der Waals surface area (Å²) in [5, 5.41) is 0.901. The topological polar surface area (TPSA) is 3.24 Å². The van der Waals surface area contributed by atoms with Crippen LogP contribution in [0.15, 0.2) is 24.3 Å². The van der Waals surface area contributed by atoms with Crippen molar-refractivity contribution in [2.24, 2.45) is 0 Å². The highest BCUT2D eigenvalue weighted by molar-refractivity contribution is 9.09. The van der Waals surface area contributed by atoms with E-state index in [2.05, 4.69) is 15.9 Å². The average molecular weight is 336 g/mol. The molecule has 1 nitrogen and oxygen atoms in total. The normalized spacial score (nSPS) is 20.0. The van der Waals surface area contributed by atoms with E-state index in [0.717, 1.165) is 37.6 Å². The molecule has 1 heterocycles. The third kappa shape index (κ3) is 3.44. The zero-order valence-corrected chi connectivity index (χ0v) is 12.2. The molecule has 0 spiro atoms. The summed E-state index contributed by atoms with van der Waals surface area (Å²) >= 11 is 3.38. The van der Waals surface area contributed by atoms with E-state index < -0.39 is 11.7 Å². The Kier molecular flexibility index (Phi) is 4.76. The molecule has 0 amide bonds. The SMILES string of the molecule is FC(F)(F)c1ccccc1N1CCCC1CCCBr. The van der Waals surface area contributed by atoms with Crippen molar-refractivity contribution in [1.29, 1.82) is 0 Å². The number of alkyl halides is 4. The first-order valence-electron chi connectivity index (χ1n) is 6.53. The smallest absolute Gasteiger partial charge is 0.368 e. The number of nitrogens with zero attached hydrogens (tertiary/aromatic N) is 1. The minimum atomic E-state index is -4.28. The van der Waals surface area contributed by atoms with Crippen LogP contribution in [0.1, 0.15) is 31.2 Å². The summed E-state index contributed by atoms with van der Waals surface area (Å²) in [4.78, 5) is 1.94. The summed E-state index contributed by atoms with van der Waals surface area (Å²) in [6.45, 7) is 0.722. The molecule has 2 rings (SSSR count). The average Bonchev–Trinajstić information content (AvgIpc) is 2.83. The van der Waals surface area contributed by atoms with E-state index in [9.17, 15) is 13.2 Å². The van der Waals surface area contributed by atoms with Gasteiger partial charge in [-0.15, -0.1) is 0 Å². The van der Waals surface area contributed by atoms with Gasteiger partial charge in [-0.05, 0) is 37.8 Å². The molecule has 1 saturated heterocycles. The molecule has 1 aromatic rings. The van der Waals surface area contributed by atoms with Gasteiger partial charge in [-0.25, -0.2) is 0 Å². The van der Waals surface area contributed by atoms with Gasteiger partial charge in [0.25, 0.3) is 0 Å². The highest BCUT2D eigenvalue weighted by Gasteiger charge is 2.36. The predicted octanol–water partition coefficient (Wildman–Crippen LogP) is 4.85. The molecule has 0 aromatic heterocycles. The van der Waals surface area contributed by atoms with Gasteiger partial charge in [0, 0.05) is 23.6 Å². The van der Waals surface area contributed by atoms with Crippen LogP contribution in [-0.2, 0) is 6.18 Å². The van der Waals surface area contributed by atoms with Crippen molar-refractivity contribution in [3.05, 3.63) is 29.8 Å². The first kappa shape index (κ1) is 14.7. The van der Waals surface area contributed by atoms with Crippen LogP contribution in [0, 0.1) is 0 Å². The Hall–Kier alpha value is -0.710. The second kappa shape index (κ2) is 6.16. The van der Waals surface area contributed by atoms with Gasteiger partial charge in [-0.1, -0.05) is 28.1 Å². The lowest BCUT2D eigenvalue weighted by atomic mass is 10.1. The van der Waals surface area contributed by atoms with Crippen LogP contribution in [0.5, 0.6) is 0 Å². The summed E-state index contributed by atoms with van der Waals surface area (Å²) in [6.07, 6.45) is -0.385. The Morgan fingerprint density at radius 2 is 2.00 bits per heavy atom. The maximum Gasteiger partial charge on any atom is 0.418 e. The van der Waals surface area contributed by atoms with E-state index in [4.69, 9.17) is 0 Å². The summed E-state index contributed by atoms with van der Waals surface area (Å²) in [6, 6.07) is 6.14. The monoisotopic (exact) mass is 335 g/mol. The van der Waals surface area contributed by atoms with Gasteiger partial charge in [-0.2, -0.15) is 13.2 Å². The van der Waals surface area contributed by atoms with Crippen molar-refractivity contribution in [2.45, 2.75) is 37.9 Å². The van der Waals surface area contributed by atoms with Crippen LogP contribution in [0.3, 0.4) is 0 Å². The van der Waals surface area contributed by atoms with Gasteiger partial charge in [0.05, 0.1) is 5.56 Å². The molecule has 1 atom stereocenters. The van der Waals surface area contributed by atoms with E-state index in [1.807, 2.05) is 4.90 Å². The Labute approximate surface area is 119 Å². The van der Waals surface area contributed by atoms with Crippen molar-refractivity contribution in [3.8, 4) is 0 Å². The van der Waals surface area contributed by atoms with Crippen LogP contribution in [0.4, 0.5) is 18.9 Å². The predicted molar refractivity (Wildman–Crippen MR) is 74.8 cm³/mol. The Morgan fingerprint density at radius 3 is 2.68 bits per heavy atom. The lowest BCUT2D eigenvalue weighted by Gasteiger charge is -2.29. The zero-order chi connectivity index (χ0) is 13.9. The third-order valence-corrected chi connectivity index (χ3v) is 4.13. The van der Waals surface area contributed by atoms with Gasteiger partial charge in [0.1, 0.15) is 0 Å². The van der Waals surface area contributed by atoms with Crippen molar-refractivity contribution >= 4 is 21.6 Å². The standard InChI is InChI=1S/C14H17BrF3N/c15-9-3-5-11-6-4-10-19(11)13-8-2-1-7-12(13)14(16,17)18/h1-2,7-8,11H,3-6,9-10H2. The number of hydrogen-bond acceptors (Lipinski definition) is 1. The minimum absolute atomic E-state index is 0.237. The van der Waals surface area contributed by atoms with Gasteiger partial charge < -0.3 is 4.90 Å². The van der Waals surface area contributed by atoms with Crippen LogP contribution in [0.2, 0.25) is 0 Å². The molecule has 19 heavy (non-hydrogen) atoms. The van der Waals surface area contributed by atoms with Crippen molar-refractivity contribution in [1.82, 2.24) is 0 Å². The molecule has 1 fully saturated rings. The summed E-state index contributed by atoms with van der Waals surface area (Å²) in [5.74, 6) is 0. The van der Waals surface area contributed by atoms with E-state index in [-0.39, 0.29) is 6.04 Å². The summed E-state index contributed by atoms with van der Waals surface area (Å²) in [7, 11) is 0. The number of hydrogen-bond donors (Lipinski definition) is 0. The molecule has 1 aliphatic heterocycles. The number of para-hydroxylation sites is 1. The summed E-state index contributed by atoms with van der Waals surface area (Å²) < 4.78 is 39.1. The highest BCUT2D eigenvalue weighted by Crippen LogP contribution is 2.39. The van der Waals surface area contributed by atoms with Crippen LogP contribution in [-0.4, -0.2) is 17.9 Å².